The van der Waals surface area contributed by atoms with Gasteiger partial charge in [0.1, 0.15) is 5.82 Å². The van der Waals surface area contributed by atoms with E-state index in [4.69, 9.17) is 11.6 Å². The van der Waals surface area contributed by atoms with E-state index in [-0.39, 0.29) is 11.9 Å². The van der Waals surface area contributed by atoms with Crippen molar-refractivity contribution in [3.8, 4) is 0 Å². The highest BCUT2D eigenvalue weighted by atomic mass is 35.5. The first-order valence-electron chi connectivity index (χ1n) is 7.76. The van der Waals surface area contributed by atoms with Crippen LogP contribution >= 0.6 is 11.6 Å². The molecule has 122 valence electrons. The molecule has 0 atom stereocenters. The minimum Gasteiger partial charge on any atom is -0.393 e. The molecule has 1 aliphatic heterocycles. The summed E-state index contributed by atoms with van der Waals surface area (Å²) in [6.07, 6.45) is 1.76. The summed E-state index contributed by atoms with van der Waals surface area (Å²) in [4.78, 5) is 6.70. The van der Waals surface area contributed by atoms with E-state index in [1.807, 2.05) is 6.92 Å². The van der Waals surface area contributed by atoms with Gasteiger partial charge in [0.15, 0.2) is 5.96 Å². The number of likely N-dealkylation sites (tertiary alicyclic amines) is 1. The molecule has 1 saturated heterocycles. The van der Waals surface area contributed by atoms with Crippen LogP contribution in [0, 0.1) is 5.82 Å². The number of piperidine rings is 1. The van der Waals surface area contributed by atoms with Crippen LogP contribution in [0.25, 0.3) is 0 Å². The van der Waals surface area contributed by atoms with Crippen LogP contribution in [0.4, 0.5) is 4.39 Å². The van der Waals surface area contributed by atoms with Crippen LogP contribution in [0.15, 0.2) is 23.2 Å². The van der Waals surface area contributed by atoms with E-state index in [0.29, 0.717) is 23.6 Å². The number of aliphatic hydroxyl groups excluding tert-OH is 1. The second kappa shape index (κ2) is 8.34. The number of halogens is 2. The van der Waals surface area contributed by atoms with Crippen molar-refractivity contribution in [2.45, 2.75) is 32.3 Å². The quantitative estimate of drug-likeness (QED) is 0.659. The molecule has 6 heteroatoms. The van der Waals surface area contributed by atoms with Crippen LogP contribution in [0.1, 0.15) is 25.3 Å². The molecular formula is C16H23ClFN3O. The number of hydrogen-bond acceptors (Lipinski definition) is 2. The highest BCUT2D eigenvalue weighted by Gasteiger charge is 2.19. The summed E-state index contributed by atoms with van der Waals surface area (Å²) in [6.45, 7) is 4.84. The van der Waals surface area contributed by atoms with Crippen LogP contribution in [0.2, 0.25) is 5.02 Å². The number of nitrogens with one attached hydrogen (secondary N) is 1. The van der Waals surface area contributed by atoms with Crippen LogP contribution in [-0.4, -0.2) is 48.2 Å². The summed E-state index contributed by atoms with van der Waals surface area (Å²) < 4.78 is 13.7. The fourth-order valence-electron chi connectivity index (χ4n) is 2.55. The van der Waals surface area contributed by atoms with Crippen molar-refractivity contribution < 1.29 is 9.50 Å². The zero-order valence-electron chi connectivity index (χ0n) is 12.9. The first kappa shape index (κ1) is 17.0. The molecule has 1 aromatic carbocycles. The molecule has 0 radical (unpaired) electrons. The molecular weight excluding hydrogens is 305 g/mol. The van der Waals surface area contributed by atoms with Crippen molar-refractivity contribution in [1.82, 2.24) is 10.2 Å². The van der Waals surface area contributed by atoms with Crippen molar-refractivity contribution in [2.24, 2.45) is 4.99 Å². The Balaban J connectivity index is 1.98. The molecule has 1 heterocycles. The van der Waals surface area contributed by atoms with Gasteiger partial charge >= 0.3 is 0 Å². The summed E-state index contributed by atoms with van der Waals surface area (Å²) in [7, 11) is 0. The minimum atomic E-state index is -0.284. The predicted octanol–water partition coefficient (Wildman–Crippen LogP) is 2.44. The molecule has 1 aliphatic rings. The van der Waals surface area contributed by atoms with E-state index in [0.717, 1.165) is 38.4 Å². The fourth-order valence-corrected chi connectivity index (χ4v) is 2.81. The third kappa shape index (κ3) is 4.58. The third-order valence-corrected chi connectivity index (χ3v) is 4.14. The van der Waals surface area contributed by atoms with E-state index in [1.165, 1.54) is 6.07 Å². The lowest BCUT2D eigenvalue weighted by Gasteiger charge is -2.32. The Labute approximate surface area is 136 Å². The van der Waals surface area contributed by atoms with Gasteiger partial charge in [-0.1, -0.05) is 17.7 Å². The molecule has 4 nitrogen and oxygen atoms in total. The fraction of sp³-hybridized carbons (Fsp3) is 0.562. The summed E-state index contributed by atoms with van der Waals surface area (Å²) in [5.41, 5.74) is 0.512. The van der Waals surface area contributed by atoms with E-state index < -0.39 is 0 Å². The van der Waals surface area contributed by atoms with Crippen LogP contribution in [0.3, 0.4) is 0 Å². The number of aliphatic imine (C=N–C) groups is 1. The van der Waals surface area contributed by atoms with Gasteiger partial charge in [-0.25, -0.2) is 4.39 Å². The van der Waals surface area contributed by atoms with Gasteiger partial charge in [-0.05, 0) is 38.3 Å². The average molecular weight is 328 g/mol. The Bertz CT molecular complexity index is 496. The third-order valence-electron chi connectivity index (χ3n) is 3.78. The highest BCUT2D eigenvalue weighted by molar-refractivity contribution is 6.31. The average Bonchev–Trinajstić information content (AvgIpc) is 2.50. The molecule has 0 aliphatic carbocycles. The Hall–Kier alpha value is -1.33. The SMILES string of the molecule is CCNC(=NCCc1c(F)cccc1Cl)N1CCC(O)CC1. The maximum Gasteiger partial charge on any atom is 0.193 e. The van der Waals surface area contributed by atoms with E-state index in [2.05, 4.69) is 15.2 Å². The molecule has 0 aromatic heterocycles. The van der Waals surface area contributed by atoms with Crippen molar-refractivity contribution >= 4 is 17.6 Å². The summed E-state index contributed by atoms with van der Waals surface area (Å²) in [5.74, 6) is 0.538. The molecule has 22 heavy (non-hydrogen) atoms. The monoisotopic (exact) mass is 327 g/mol. The molecule has 0 bridgehead atoms. The zero-order valence-corrected chi connectivity index (χ0v) is 13.6. The number of aliphatic hydroxyl groups is 1. The summed E-state index contributed by atoms with van der Waals surface area (Å²) >= 11 is 6.03. The van der Waals surface area contributed by atoms with Gasteiger partial charge in [-0.15, -0.1) is 0 Å². The summed E-state index contributed by atoms with van der Waals surface area (Å²) in [6, 6.07) is 4.72. The van der Waals surface area contributed by atoms with Crippen molar-refractivity contribution in [3.05, 3.63) is 34.6 Å². The summed E-state index contributed by atoms with van der Waals surface area (Å²) in [5, 5.41) is 13.3. The molecule has 2 N–H and O–H groups in total. The number of nitrogens with zero attached hydrogens (tertiary/aromatic N) is 2. The van der Waals surface area contributed by atoms with Gasteiger partial charge in [0, 0.05) is 36.8 Å². The number of rotatable bonds is 4. The first-order chi connectivity index (χ1) is 10.6. The van der Waals surface area contributed by atoms with Crippen LogP contribution in [-0.2, 0) is 6.42 Å². The molecule has 0 unspecified atom stereocenters. The second-order valence-electron chi connectivity index (χ2n) is 5.40. The van der Waals surface area contributed by atoms with Crippen molar-refractivity contribution in [3.63, 3.8) is 0 Å². The normalized spacial score (nSPS) is 16.9. The van der Waals surface area contributed by atoms with Gasteiger partial charge in [-0.3, -0.25) is 4.99 Å². The Morgan fingerprint density at radius 2 is 2.18 bits per heavy atom. The maximum atomic E-state index is 13.7. The number of benzene rings is 1. The predicted molar refractivity (Wildman–Crippen MR) is 87.9 cm³/mol. The van der Waals surface area contributed by atoms with Gasteiger partial charge in [0.05, 0.1) is 6.10 Å². The van der Waals surface area contributed by atoms with Crippen LogP contribution < -0.4 is 5.32 Å². The van der Waals surface area contributed by atoms with E-state index >= 15 is 0 Å². The van der Waals surface area contributed by atoms with Gasteiger partial charge in [-0.2, -0.15) is 0 Å². The molecule has 0 spiro atoms. The number of guanidine groups is 1. The molecule has 1 aromatic rings. The minimum absolute atomic E-state index is 0.212. The van der Waals surface area contributed by atoms with Gasteiger partial charge < -0.3 is 15.3 Å². The Kier molecular flexibility index (Phi) is 6.46. The first-order valence-corrected chi connectivity index (χ1v) is 8.13. The van der Waals surface area contributed by atoms with E-state index in [1.54, 1.807) is 12.1 Å². The Morgan fingerprint density at radius 3 is 2.82 bits per heavy atom. The highest BCUT2D eigenvalue weighted by Crippen LogP contribution is 2.19. The van der Waals surface area contributed by atoms with Crippen molar-refractivity contribution in [2.75, 3.05) is 26.2 Å². The number of hydrogen-bond donors (Lipinski definition) is 2. The standard InChI is InChI=1S/C16H23ClFN3O/c1-2-19-16(21-10-7-12(22)8-11-21)20-9-6-13-14(17)4-3-5-15(13)18/h3-5,12,22H,2,6-11H2,1H3,(H,19,20). The smallest absolute Gasteiger partial charge is 0.193 e. The van der Waals surface area contributed by atoms with Gasteiger partial charge in [0.2, 0.25) is 0 Å². The lowest BCUT2D eigenvalue weighted by atomic mass is 10.1. The van der Waals surface area contributed by atoms with E-state index in [9.17, 15) is 9.50 Å². The molecule has 0 amide bonds. The maximum absolute atomic E-state index is 13.7. The molecule has 0 saturated carbocycles. The van der Waals surface area contributed by atoms with Crippen LogP contribution in [0.5, 0.6) is 0 Å². The topological polar surface area (TPSA) is 47.9 Å². The lowest BCUT2D eigenvalue weighted by molar-refractivity contribution is 0.108. The Morgan fingerprint density at radius 1 is 1.45 bits per heavy atom. The second-order valence-corrected chi connectivity index (χ2v) is 5.81. The zero-order chi connectivity index (χ0) is 15.9. The largest absolute Gasteiger partial charge is 0.393 e. The van der Waals surface area contributed by atoms with Crippen molar-refractivity contribution in [1.29, 1.82) is 0 Å². The van der Waals surface area contributed by atoms with Gasteiger partial charge in [0.25, 0.3) is 0 Å². The lowest BCUT2D eigenvalue weighted by Crippen LogP contribution is -2.46. The molecule has 1 fully saturated rings. The molecule has 2 rings (SSSR count).